The summed E-state index contributed by atoms with van der Waals surface area (Å²) >= 11 is 0. The van der Waals surface area contributed by atoms with Gasteiger partial charge in [0.05, 0.1) is 6.42 Å². The maximum Gasteiger partial charge on any atom is 0.310 e. The third-order valence-electron chi connectivity index (χ3n) is 2.82. The highest BCUT2D eigenvalue weighted by molar-refractivity contribution is 5.81. The molecule has 0 aromatic heterocycles. The number of likely N-dealkylation sites (N-methyl/N-ethyl adjacent to an activating group) is 1. The summed E-state index contributed by atoms with van der Waals surface area (Å²) in [6.45, 7) is 3.56. The molecule has 0 bridgehead atoms. The van der Waals surface area contributed by atoms with Gasteiger partial charge in [0.25, 0.3) is 5.91 Å². The number of amides is 1. The van der Waals surface area contributed by atoms with Crippen LogP contribution < -0.4 is 5.73 Å². The molecular weight excluding hydrogens is 244 g/mol. The Morgan fingerprint density at radius 3 is 2.63 bits per heavy atom. The number of nitrogens with zero attached hydrogens (tertiary/aromatic N) is 1. The van der Waals surface area contributed by atoms with Gasteiger partial charge in [-0.1, -0.05) is 12.1 Å². The van der Waals surface area contributed by atoms with Crippen molar-refractivity contribution in [2.75, 3.05) is 19.4 Å². The van der Waals surface area contributed by atoms with Gasteiger partial charge in [-0.3, -0.25) is 9.59 Å². The summed E-state index contributed by atoms with van der Waals surface area (Å²) in [6.07, 6.45) is 0.115. The topological polar surface area (TPSA) is 72.6 Å². The molecule has 0 aliphatic carbocycles. The molecule has 0 atom stereocenters. The standard InChI is InChI=1S/C14H20N2O3/c1-10(2)16(3)13(17)9-19-14(18)8-11-5-4-6-12(15)7-11/h4-7,10H,8-9,15H2,1-3H3. The van der Waals surface area contributed by atoms with Gasteiger partial charge in [0.2, 0.25) is 0 Å². The minimum Gasteiger partial charge on any atom is -0.455 e. The van der Waals surface area contributed by atoms with Crippen molar-refractivity contribution in [3.05, 3.63) is 29.8 Å². The Kier molecular flexibility index (Phi) is 5.36. The van der Waals surface area contributed by atoms with E-state index in [0.29, 0.717) is 5.69 Å². The Labute approximate surface area is 113 Å². The van der Waals surface area contributed by atoms with Crippen LogP contribution in [-0.4, -0.2) is 36.5 Å². The van der Waals surface area contributed by atoms with E-state index in [9.17, 15) is 9.59 Å². The zero-order valence-electron chi connectivity index (χ0n) is 11.6. The van der Waals surface area contributed by atoms with Crippen molar-refractivity contribution in [1.82, 2.24) is 4.90 Å². The molecule has 0 saturated carbocycles. The van der Waals surface area contributed by atoms with Crippen LogP contribution in [0.3, 0.4) is 0 Å². The van der Waals surface area contributed by atoms with Gasteiger partial charge in [-0.05, 0) is 31.5 Å². The van der Waals surface area contributed by atoms with Crippen molar-refractivity contribution in [3.8, 4) is 0 Å². The van der Waals surface area contributed by atoms with Crippen molar-refractivity contribution in [2.45, 2.75) is 26.3 Å². The first kappa shape index (κ1) is 15.0. The highest BCUT2D eigenvalue weighted by Gasteiger charge is 2.14. The number of anilines is 1. The van der Waals surface area contributed by atoms with Crippen LogP contribution in [0.1, 0.15) is 19.4 Å². The molecule has 19 heavy (non-hydrogen) atoms. The molecule has 0 aliphatic heterocycles. The van der Waals surface area contributed by atoms with E-state index in [4.69, 9.17) is 10.5 Å². The number of hydrogen-bond donors (Lipinski definition) is 1. The number of benzene rings is 1. The molecule has 0 spiro atoms. The number of esters is 1. The molecule has 0 fully saturated rings. The average Bonchev–Trinajstić information content (AvgIpc) is 2.34. The van der Waals surface area contributed by atoms with Crippen LogP contribution in [0.25, 0.3) is 0 Å². The number of nitrogens with two attached hydrogens (primary N) is 1. The van der Waals surface area contributed by atoms with Gasteiger partial charge in [-0.15, -0.1) is 0 Å². The van der Waals surface area contributed by atoms with Gasteiger partial charge >= 0.3 is 5.97 Å². The second kappa shape index (κ2) is 6.78. The zero-order valence-corrected chi connectivity index (χ0v) is 11.6. The number of ether oxygens (including phenoxy) is 1. The van der Waals surface area contributed by atoms with Crippen molar-refractivity contribution < 1.29 is 14.3 Å². The van der Waals surface area contributed by atoms with Gasteiger partial charge < -0.3 is 15.4 Å². The lowest BCUT2D eigenvalue weighted by molar-refractivity contribution is -0.151. The molecule has 1 rings (SSSR count). The Morgan fingerprint density at radius 1 is 1.37 bits per heavy atom. The maximum atomic E-state index is 11.6. The van der Waals surface area contributed by atoms with E-state index >= 15 is 0 Å². The molecule has 5 heteroatoms. The number of rotatable bonds is 5. The molecule has 0 radical (unpaired) electrons. The summed E-state index contributed by atoms with van der Waals surface area (Å²) in [7, 11) is 1.68. The summed E-state index contributed by atoms with van der Waals surface area (Å²) < 4.78 is 4.95. The first-order valence-electron chi connectivity index (χ1n) is 6.16. The highest BCUT2D eigenvalue weighted by Crippen LogP contribution is 2.07. The maximum absolute atomic E-state index is 11.6. The number of carbonyl (C=O) groups is 2. The minimum absolute atomic E-state index is 0.0834. The predicted molar refractivity (Wildman–Crippen MR) is 73.4 cm³/mol. The van der Waals surface area contributed by atoms with E-state index in [-0.39, 0.29) is 25.0 Å². The second-order valence-electron chi connectivity index (χ2n) is 4.68. The molecule has 104 valence electrons. The summed E-state index contributed by atoms with van der Waals surface area (Å²) in [5.74, 6) is -0.646. The Hall–Kier alpha value is -2.04. The first-order chi connectivity index (χ1) is 8.90. The SMILES string of the molecule is CC(C)N(C)C(=O)COC(=O)Cc1cccc(N)c1. The van der Waals surface area contributed by atoms with Crippen LogP contribution in [0.5, 0.6) is 0 Å². The largest absolute Gasteiger partial charge is 0.455 e. The first-order valence-corrected chi connectivity index (χ1v) is 6.16. The smallest absolute Gasteiger partial charge is 0.310 e. The van der Waals surface area contributed by atoms with Crippen molar-refractivity contribution in [1.29, 1.82) is 0 Å². The van der Waals surface area contributed by atoms with E-state index in [2.05, 4.69) is 0 Å². The van der Waals surface area contributed by atoms with Crippen molar-refractivity contribution >= 4 is 17.6 Å². The third-order valence-corrected chi connectivity index (χ3v) is 2.82. The molecule has 1 aromatic rings. The lowest BCUT2D eigenvalue weighted by Crippen LogP contribution is -2.36. The van der Waals surface area contributed by atoms with Crippen molar-refractivity contribution in [2.24, 2.45) is 0 Å². The third kappa shape index (κ3) is 4.99. The fraction of sp³-hybridized carbons (Fsp3) is 0.429. The predicted octanol–water partition coefficient (Wildman–Crippen LogP) is 1.22. The monoisotopic (exact) mass is 264 g/mol. The number of carbonyl (C=O) groups excluding carboxylic acids is 2. The second-order valence-corrected chi connectivity index (χ2v) is 4.68. The fourth-order valence-corrected chi connectivity index (χ4v) is 1.45. The Bertz CT molecular complexity index is 458. The van der Waals surface area contributed by atoms with Crippen LogP contribution in [0.4, 0.5) is 5.69 Å². The van der Waals surface area contributed by atoms with Gasteiger partial charge in [0.15, 0.2) is 6.61 Å². The van der Waals surface area contributed by atoms with Crippen LogP contribution in [0.2, 0.25) is 0 Å². The van der Waals surface area contributed by atoms with E-state index in [1.54, 1.807) is 31.3 Å². The van der Waals surface area contributed by atoms with Crippen LogP contribution >= 0.6 is 0 Å². The molecule has 0 unspecified atom stereocenters. The number of hydrogen-bond acceptors (Lipinski definition) is 4. The normalized spacial score (nSPS) is 10.3. The van der Waals surface area contributed by atoms with Gasteiger partial charge in [-0.25, -0.2) is 0 Å². The zero-order chi connectivity index (χ0) is 14.4. The summed E-state index contributed by atoms with van der Waals surface area (Å²) in [5, 5.41) is 0. The van der Waals surface area contributed by atoms with Crippen LogP contribution in [0, 0.1) is 0 Å². The van der Waals surface area contributed by atoms with Crippen LogP contribution in [-0.2, 0) is 20.7 Å². The molecule has 0 saturated heterocycles. The number of nitrogen functional groups attached to an aromatic ring is 1. The van der Waals surface area contributed by atoms with Crippen molar-refractivity contribution in [3.63, 3.8) is 0 Å². The molecule has 1 amide bonds. The molecule has 0 heterocycles. The summed E-state index contributed by atoms with van der Waals surface area (Å²) in [5.41, 5.74) is 6.99. The molecule has 0 aliphatic rings. The highest BCUT2D eigenvalue weighted by atomic mass is 16.5. The Balaban J connectivity index is 2.42. The molecule has 2 N–H and O–H groups in total. The summed E-state index contributed by atoms with van der Waals surface area (Å²) in [6, 6.07) is 7.11. The van der Waals surface area contributed by atoms with E-state index in [1.165, 1.54) is 4.90 Å². The molecule has 5 nitrogen and oxygen atoms in total. The lowest BCUT2D eigenvalue weighted by Gasteiger charge is -2.21. The molecular formula is C14H20N2O3. The summed E-state index contributed by atoms with van der Waals surface area (Å²) in [4.78, 5) is 24.7. The van der Waals surface area contributed by atoms with E-state index < -0.39 is 5.97 Å². The van der Waals surface area contributed by atoms with Gasteiger partial charge in [0.1, 0.15) is 0 Å². The van der Waals surface area contributed by atoms with Gasteiger partial charge in [-0.2, -0.15) is 0 Å². The fourth-order valence-electron chi connectivity index (χ4n) is 1.45. The average molecular weight is 264 g/mol. The quantitative estimate of drug-likeness (QED) is 0.641. The molecule has 1 aromatic carbocycles. The van der Waals surface area contributed by atoms with Crippen LogP contribution in [0.15, 0.2) is 24.3 Å². The minimum atomic E-state index is -0.434. The Morgan fingerprint density at radius 2 is 2.05 bits per heavy atom. The van der Waals surface area contributed by atoms with Gasteiger partial charge in [0, 0.05) is 18.8 Å². The van der Waals surface area contributed by atoms with E-state index in [1.807, 2.05) is 13.8 Å². The van der Waals surface area contributed by atoms with E-state index in [0.717, 1.165) is 5.56 Å². The lowest BCUT2D eigenvalue weighted by atomic mass is 10.1.